The lowest BCUT2D eigenvalue weighted by atomic mass is 9.96. The first kappa shape index (κ1) is 14.8. The van der Waals surface area contributed by atoms with Crippen molar-refractivity contribution in [2.24, 2.45) is 0 Å². The van der Waals surface area contributed by atoms with Crippen molar-refractivity contribution in [2.75, 3.05) is 13.7 Å². The Balaban J connectivity index is 3.01. The number of aliphatic hydroxyl groups excluding tert-OH is 1. The zero-order chi connectivity index (χ0) is 13.8. The quantitative estimate of drug-likeness (QED) is 0.739. The monoisotopic (exact) mass is 281 g/mol. The highest BCUT2D eigenvalue weighted by Crippen LogP contribution is 2.20. The lowest BCUT2D eigenvalue weighted by Gasteiger charge is -2.24. The lowest BCUT2D eigenvalue weighted by Crippen LogP contribution is -2.41. The van der Waals surface area contributed by atoms with Crippen LogP contribution in [0.3, 0.4) is 0 Å². The first-order valence-electron chi connectivity index (χ1n) is 4.92. The molecule has 0 saturated heterocycles. The molecule has 8 heteroatoms. The van der Waals surface area contributed by atoms with E-state index in [0.29, 0.717) is 11.8 Å². The van der Waals surface area contributed by atoms with Crippen molar-refractivity contribution in [1.29, 1.82) is 0 Å². The highest BCUT2D eigenvalue weighted by atomic mass is 32.2. The number of rotatable bonds is 5. The SMILES string of the molecule is COCC1=CC=CC(=CO)C1NS(=O)(=O)C(F)F. The maximum atomic E-state index is 12.3. The number of sulfonamides is 1. The van der Waals surface area contributed by atoms with E-state index in [4.69, 9.17) is 9.84 Å². The smallest absolute Gasteiger partial charge is 0.350 e. The van der Waals surface area contributed by atoms with Gasteiger partial charge in [0.25, 0.3) is 10.0 Å². The normalized spacial score (nSPS) is 22.6. The molecule has 1 atom stereocenters. The summed E-state index contributed by atoms with van der Waals surface area (Å²) in [5.41, 5.74) is 0.582. The van der Waals surface area contributed by atoms with Crippen molar-refractivity contribution in [1.82, 2.24) is 4.72 Å². The molecule has 1 aliphatic carbocycles. The Morgan fingerprint density at radius 2 is 2.28 bits per heavy atom. The van der Waals surface area contributed by atoms with E-state index in [9.17, 15) is 17.2 Å². The van der Waals surface area contributed by atoms with E-state index in [-0.39, 0.29) is 12.2 Å². The van der Waals surface area contributed by atoms with Crippen LogP contribution < -0.4 is 4.72 Å². The number of aliphatic hydroxyl groups is 1. The minimum absolute atomic E-state index is 0.0537. The maximum absolute atomic E-state index is 12.3. The Hall–Kier alpha value is -1.25. The molecule has 0 heterocycles. The summed E-state index contributed by atoms with van der Waals surface area (Å²) in [4.78, 5) is 0. The van der Waals surface area contributed by atoms with Crippen molar-refractivity contribution in [2.45, 2.75) is 11.8 Å². The van der Waals surface area contributed by atoms with Crippen LogP contribution in [0.2, 0.25) is 0 Å². The molecule has 18 heavy (non-hydrogen) atoms. The minimum atomic E-state index is -4.76. The molecule has 1 unspecified atom stereocenters. The summed E-state index contributed by atoms with van der Waals surface area (Å²) in [6.07, 6.45) is 5.17. The molecule has 0 aromatic carbocycles. The number of alkyl halides is 2. The van der Waals surface area contributed by atoms with Crippen molar-refractivity contribution < 1.29 is 27.0 Å². The fourth-order valence-corrected chi connectivity index (χ4v) is 2.18. The third-order valence-corrected chi connectivity index (χ3v) is 3.31. The van der Waals surface area contributed by atoms with Gasteiger partial charge < -0.3 is 9.84 Å². The zero-order valence-electron chi connectivity index (χ0n) is 9.51. The molecule has 0 bridgehead atoms. The molecule has 0 fully saturated rings. The minimum Gasteiger partial charge on any atom is -0.515 e. The van der Waals surface area contributed by atoms with Crippen LogP contribution in [0.25, 0.3) is 0 Å². The average Bonchev–Trinajstić information content (AvgIpc) is 2.31. The zero-order valence-corrected chi connectivity index (χ0v) is 10.3. The Morgan fingerprint density at radius 1 is 1.61 bits per heavy atom. The maximum Gasteiger partial charge on any atom is 0.350 e. The Bertz CT molecular complexity index is 482. The molecule has 5 nitrogen and oxygen atoms in total. The van der Waals surface area contributed by atoms with Crippen LogP contribution in [0.1, 0.15) is 0 Å². The summed E-state index contributed by atoms with van der Waals surface area (Å²) in [6, 6.07) is -1.06. The first-order chi connectivity index (χ1) is 8.42. The summed E-state index contributed by atoms with van der Waals surface area (Å²) in [5.74, 6) is -3.54. The van der Waals surface area contributed by atoms with E-state index in [1.165, 1.54) is 19.3 Å². The van der Waals surface area contributed by atoms with E-state index in [0.717, 1.165) is 0 Å². The van der Waals surface area contributed by atoms with Gasteiger partial charge in [0.15, 0.2) is 0 Å². The second-order valence-corrected chi connectivity index (χ2v) is 5.20. The average molecular weight is 281 g/mol. The summed E-state index contributed by atoms with van der Waals surface area (Å²) in [6.45, 7) is 0.0537. The summed E-state index contributed by atoms with van der Waals surface area (Å²) >= 11 is 0. The Kier molecular flexibility index (Phi) is 5.00. The number of hydrogen-bond acceptors (Lipinski definition) is 4. The number of ether oxygens (including phenoxy) is 1. The molecule has 0 spiro atoms. The fraction of sp³-hybridized carbons (Fsp3) is 0.400. The molecule has 0 aliphatic heterocycles. The van der Waals surface area contributed by atoms with Crippen LogP contribution in [0, 0.1) is 0 Å². The van der Waals surface area contributed by atoms with E-state index in [1.807, 2.05) is 4.72 Å². The second kappa shape index (κ2) is 6.07. The predicted molar refractivity (Wildman–Crippen MR) is 61.7 cm³/mol. The van der Waals surface area contributed by atoms with Gasteiger partial charge in [0, 0.05) is 12.7 Å². The Morgan fingerprint density at radius 3 is 2.78 bits per heavy atom. The predicted octanol–water partition coefficient (Wildman–Crippen LogP) is 1.08. The van der Waals surface area contributed by atoms with Crippen molar-refractivity contribution >= 4 is 10.0 Å². The standard InChI is InChI=1S/C10H13F2NO4S/c1-17-6-8-4-2-3-7(5-14)9(8)13-18(15,16)10(11)12/h2-5,9-10,13-14H,6H2,1H3. The van der Waals surface area contributed by atoms with Gasteiger partial charge in [-0.05, 0) is 5.57 Å². The van der Waals surface area contributed by atoms with Gasteiger partial charge in [-0.2, -0.15) is 13.5 Å². The third-order valence-electron chi connectivity index (χ3n) is 2.28. The molecule has 0 aromatic rings. The second-order valence-electron chi connectivity index (χ2n) is 3.52. The van der Waals surface area contributed by atoms with Crippen molar-refractivity contribution in [3.05, 3.63) is 35.6 Å². The fourth-order valence-electron chi connectivity index (χ4n) is 1.46. The molecular weight excluding hydrogens is 268 g/mol. The summed E-state index contributed by atoms with van der Waals surface area (Å²) in [5, 5.41) is 8.98. The van der Waals surface area contributed by atoms with Crippen LogP contribution in [-0.4, -0.2) is 39.0 Å². The summed E-state index contributed by atoms with van der Waals surface area (Å²) < 4.78 is 53.6. The third kappa shape index (κ3) is 3.37. The van der Waals surface area contributed by atoms with Crippen LogP contribution in [0.15, 0.2) is 35.6 Å². The summed E-state index contributed by atoms with van der Waals surface area (Å²) in [7, 11) is -3.37. The van der Waals surface area contributed by atoms with Crippen molar-refractivity contribution in [3.63, 3.8) is 0 Å². The molecule has 1 rings (SSSR count). The molecular formula is C10H13F2NO4S. The van der Waals surface area contributed by atoms with Gasteiger partial charge in [0.05, 0.1) is 18.9 Å². The van der Waals surface area contributed by atoms with Gasteiger partial charge in [0.2, 0.25) is 0 Å². The van der Waals surface area contributed by atoms with Crippen molar-refractivity contribution in [3.8, 4) is 0 Å². The van der Waals surface area contributed by atoms with Crippen LogP contribution in [0.4, 0.5) is 8.78 Å². The molecule has 0 saturated carbocycles. The molecule has 0 amide bonds. The number of hydrogen-bond donors (Lipinski definition) is 2. The first-order valence-corrected chi connectivity index (χ1v) is 6.46. The van der Waals surface area contributed by atoms with Gasteiger partial charge in [0.1, 0.15) is 0 Å². The van der Waals surface area contributed by atoms with E-state index < -0.39 is 21.8 Å². The van der Waals surface area contributed by atoms with E-state index >= 15 is 0 Å². The molecule has 1 aliphatic rings. The van der Waals surface area contributed by atoms with Gasteiger partial charge in [-0.15, -0.1) is 0 Å². The van der Waals surface area contributed by atoms with Crippen LogP contribution >= 0.6 is 0 Å². The molecule has 0 radical (unpaired) electrons. The van der Waals surface area contributed by atoms with E-state index in [1.54, 1.807) is 6.08 Å². The highest BCUT2D eigenvalue weighted by molar-refractivity contribution is 7.89. The van der Waals surface area contributed by atoms with Gasteiger partial charge in [-0.25, -0.2) is 8.42 Å². The largest absolute Gasteiger partial charge is 0.515 e. The van der Waals surface area contributed by atoms with E-state index in [2.05, 4.69) is 0 Å². The number of methoxy groups -OCH3 is 1. The number of allylic oxidation sites excluding steroid dienone is 2. The number of nitrogens with one attached hydrogen (secondary N) is 1. The van der Waals surface area contributed by atoms with Crippen LogP contribution in [-0.2, 0) is 14.8 Å². The lowest BCUT2D eigenvalue weighted by molar-refractivity contribution is 0.219. The Labute approximate surface area is 103 Å². The van der Waals surface area contributed by atoms with Crippen LogP contribution in [0.5, 0.6) is 0 Å². The molecule has 2 N–H and O–H groups in total. The van der Waals surface area contributed by atoms with Gasteiger partial charge in [-0.1, -0.05) is 18.2 Å². The molecule has 102 valence electrons. The topological polar surface area (TPSA) is 75.6 Å². The van der Waals surface area contributed by atoms with Gasteiger partial charge >= 0.3 is 5.76 Å². The molecule has 0 aromatic heterocycles. The number of halogens is 2. The van der Waals surface area contributed by atoms with Gasteiger partial charge in [-0.3, -0.25) is 0 Å². The highest BCUT2D eigenvalue weighted by Gasteiger charge is 2.31.